The molecule has 0 unspecified atom stereocenters. The smallest absolute Gasteiger partial charge is 0.228 e. The molecule has 7 nitrogen and oxygen atoms in total. The number of fused-ring (bicyclic) bond motifs is 1. The summed E-state index contributed by atoms with van der Waals surface area (Å²) >= 11 is 5.86. The molecule has 164 valence electrons. The third kappa shape index (κ3) is 5.20. The number of nitrogens with zero attached hydrogens (tertiary/aromatic N) is 4. The molecule has 2 heterocycles. The fraction of sp³-hybridized carbons (Fsp3) is 0.217. The lowest BCUT2D eigenvalue weighted by Crippen LogP contribution is -2.15. The van der Waals surface area contributed by atoms with Crippen LogP contribution in [0.1, 0.15) is 31.0 Å². The van der Waals surface area contributed by atoms with Crippen LogP contribution in [0.5, 0.6) is 0 Å². The molecule has 4 aromatic rings. The molecule has 2 N–H and O–H groups in total. The predicted octanol–water partition coefficient (Wildman–Crippen LogP) is 4.99. The van der Waals surface area contributed by atoms with Crippen LogP contribution >= 0.6 is 11.6 Å². The van der Waals surface area contributed by atoms with Crippen LogP contribution in [0.25, 0.3) is 11.2 Å². The first-order valence-electron chi connectivity index (χ1n) is 10.2. The van der Waals surface area contributed by atoms with E-state index in [0.29, 0.717) is 22.7 Å². The molecule has 0 fully saturated rings. The molecule has 4 rings (SSSR count). The maximum Gasteiger partial charge on any atom is 0.228 e. The van der Waals surface area contributed by atoms with Gasteiger partial charge in [-0.3, -0.25) is 9.48 Å². The van der Waals surface area contributed by atoms with E-state index in [1.807, 2.05) is 38.2 Å². The van der Waals surface area contributed by atoms with Crippen molar-refractivity contribution in [2.75, 3.05) is 10.6 Å². The molecule has 0 aliphatic carbocycles. The van der Waals surface area contributed by atoms with Gasteiger partial charge in [0.15, 0.2) is 0 Å². The van der Waals surface area contributed by atoms with E-state index in [0.717, 1.165) is 17.6 Å². The Balaban J connectivity index is 1.43. The van der Waals surface area contributed by atoms with E-state index in [2.05, 4.69) is 25.7 Å². The number of carbonyl (C=O) groups excluding carboxylic acids is 1. The van der Waals surface area contributed by atoms with Gasteiger partial charge in [0.25, 0.3) is 0 Å². The Bertz CT molecular complexity index is 1250. The summed E-state index contributed by atoms with van der Waals surface area (Å²) in [4.78, 5) is 21.3. The molecule has 0 radical (unpaired) electrons. The van der Waals surface area contributed by atoms with Crippen molar-refractivity contribution >= 4 is 40.2 Å². The van der Waals surface area contributed by atoms with E-state index in [1.54, 1.807) is 23.0 Å². The monoisotopic (exact) mass is 452 g/mol. The molecule has 2 aromatic heterocycles. The summed E-state index contributed by atoms with van der Waals surface area (Å²) in [5.41, 5.74) is 3.44. The van der Waals surface area contributed by atoms with Crippen molar-refractivity contribution < 1.29 is 9.18 Å². The van der Waals surface area contributed by atoms with Gasteiger partial charge in [-0.05, 0) is 55.3 Å². The predicted molar refractivity (Wildman–Crippen MR) is 123 cm³/mol. The summed E-state index contributed by atoms with van der Waals surface area (Å²) in [6, 6.07) is 11.5. The largest absolute Gasteiger partial charge is 0.362 e. The SMILES string of the molecule is CCn1cc2ncc(N[C@@H](C)c3cccc(NC(=O)Cc4cc(F)cc(Cl)c4)c3)nc2n1. The van der Waals surface area contributed by atoms with Crippen LogP contribution in [0.2, 0.25) is 5.02 Å². The fourth-order valence-electron chi connectivity index (χ4n) is 3.37. The fourth-order valence-corrected chi connectivity index (χ4v) is 3.62. The first-order valence-corrected chi connectivity index (χ1v) is 10.6. The molecule has 0 saturated heterocycles. The van der Waals surface area contributed by atoms with E-state index >= 15 is 0 Å². The molecule has 0 aliphatic heterocycles. The summed E-state index contributed by atoms with van der Waals surface area (Å²) in [7, 11) is 0. The van der Waals surface area contributed by atoms with E-state index in [-0.39, 0.29) is 23.4 Å². The molecule has 9 heteroatoms. The second kappa shape index (κ2) is 9.32. The number of aromatic nitrogens is 4. The molecule has 0 saturated carbocycles. The Labute approximate surface area is 189 Å². The third-order valence-corrected chi connectivity index (χ3v) is 5.14. The second-order valence-corrected chi connectivity index (χ2v) is 7.88. The first-order chi connectivity index (χ1) is 15.4. The van der Waals surface area contributed by atoms with Crippen LogP contribution in [-0.4, -0.2) is 25.7 Å². The Morgan fingerprint density at radius 3 is 2.88 bits per heavy atom. The standard InChI is InChI=1S/C23H22ClFN6O/c1-3-31-13-20-23(30-31)29-21(12-26-20)27-14(2)16-5-4-6-19(10-16)28-22(32)9-15-7-17(24)11-18(25)8-15/h4-8,10-14H,3,9H2,1-2H3,(H,28,32)(H,27,29,30)/t14-/m0/s1. The minimum Gasteiger partial charge on any atom is -0.362 e. The number of amides is 1. The molecular weight excluding hydrogens is 431 g/mol. The first kappa shape index (κ1) is 21.7. The molecule has 1 amide bonds. The number of hydrogen-bond acceptors (Lipinski definition) is 5. The molecule has 2 aromatic carbocycles. The van der Waals surface area contributed by atoms with Gasteiger partial charge in [0.2, 0.25) is 11.6 Å². The number of benzene rings is 2. The number of hydrogen-bond donors (Lipinski definition) is 2. The zero-order chi connectivity index (χ0) is 22.7. The molecule has 1 atom stereocenters. The summed E-state index contributed by atoms with van der Waals surface area (Å²) in [5.74, 6) is -0.110. The van der Waals surface area contributed by atoms with Crippen molar-refractivity contribution in [3.63, 3.8) is 0 Å². The van der Waals surface area contributed by atoms with Crippen molar-refractivity contribution in [3.05, 3.63) is 76.8 Å². The van der Waals surface area contributed by atoms with Gasteiger partial charge in [-0.2, -0.15) is 5.10 Å². The van der Waals surface area contributed by atoms with Gasteiger partial charge in [0.1, 0.15) is 17.2 Å². The van der Waals surface area contributed by atoms with Crippen LogP contribution in [0, 0.1) is 5.82 Å². The number of carbonyl (C=O) groups is 1. The Morgan fingerprint density at radius 1 is 1.25 bits per heavy atom. The van der Waals surface area contributed by atoms with Gasteiger partial charge >= 0.3 is 0 Å². The minimum atomic E-state index is -0.468. The maximum atomic E-state index is 13.5. The lowest BCUT2D eigenvalue weighted by Gasteiger charge is -2.16. The molecule has 0 aliphatic rings. The van der Waals surface area contributed by atoms with Crippen LogP contribution in [-0.2, 0) is 17.8 Å². The molecule has 0 bridgehead atoms. The maximum absolute atomic E-state index is 13.5. The Kier molecular flexibility index (Phi) is 6.32. The van der Waals surface area contributed by atoms with Gasteiger partial charge in [-0.1, -0.05) is 23.7 Å². The minimum absolute atomic E-state index is 0.0233. The van der Waals surface area contributed by atoms with Crippen LogP contribution in [0.4, 0.5) is 15.9 Å². The van der Waals surface area contributed by atoms with Crippen molar-refractivity contribution in [1.82, 2.24) is 19.7 Å². The topological polar surface area (TPSA) is 84.7 Å². The highest BCUT2D eigenvalue weighted by Crippen LogP contribution is 2.22. The number of aryl methyl sites for hydroxylation is 1. The highest BCUT2D eigenvalue weighted by Gasteiger charge is 2.11. The lowest BCUT2D eigenvalue weighted by molar-refractivity contribution is -0.115. The average molecular weight is 453 g/mol. The summed E-state index contributed by atoms with van der Waals surface area (Å²) < 4.78 is 15.3. The van der Waals surface area contributed by atoms with Gasteiger partial charge in [0, 0.05) is 17.3 Å². The number of halogens is 2. The molecule has 0 spiro atoms. The average Bonchev–Trinajstić information content (AvgIpc) is 3.15. The van der Waals surface area contributed by atoms with E-state index in [9.17, 15) is 9.18 Å². The highest BCUT2D eigenvalue weighted by atomic mass is 35.5. The Hall–Kier alpha value is -3.52. The second-order valence-electron chi connectivity index (χ2n) is 7.44. The van der Waals surface area contributed by atoms with Gasteiger partial charge < -0.3 is 10.6 Å². The van der Waals surface area contributed by atoms with Crippen molar-refractivity contribution in [2.24, 2.45) is 0 Å². The van der Waals surface area contributed by atoms with Gasteiger partial charge in [0.05, 0.1) is 24.9 Å². The normalized spacial score (nSPS) is 12.0. The van der Waals surface area contributed by atoms with Crippen LogP contribution in [0.3, 0.4) is 0 Å². The van der Waals surface area contributed by atoms with Crippen molar-refractivity contribution in [2.45, 2.75) is 32.9 Å². The number of nitrogens with one attached hydrogen (secondary N) is 2. The molecule has 32 heavy (non-hydrogen) atoms. The third-order valence-electron chi connectivity index (χ3n) is 4.92. The van der Waals surface area contributed by atoms with Gasteiger partial charge in [-0.25, -0.2) is 14.4 Å². The van der Waals surface area contributed by atoms with Crippen LogP contribution in [0.15, 0.2) is 54.9 Å². The number of anilines is 2. The quantitative estimate of drug-likeness (QED) is 0.412. The summed E-state index contributed by atoms with van der Waals surface area (Å²) in [6.07, 6.45) is 3.56. The van der Waals surface area contributed by atoms with Crippen LogP contribution < -0.4 is 10.6 Å². The molecular formula is C23H22ClFN6O. The van der Waals surface area contributed by atoms with E-state index in [4.69, 9.17) is 11.6 Å². The van der Waals surface area contributed by atoms with E-state index in [1.165, 1.54) is 12.1 Å². The lowest BCUT2D eigenvalue weighted by atomic mass is 10.1. The van der Waals surface area contributed by atoms with Gasteiger partial charge in [-0.15, -0.1) is 0 Å². The highest BCUT2D eigenvalue weighted by molar-refractivity contribution is 6.30. The zero-order valence-corrected chi connectivity index (χ0v) is 18.4. The summed E-state index contributed by atoms with van der Waals surface area (Å²) in [6.45, 7) is 4.75. The number of rotatable bonds is 7. The Morgan fingerprint density at radius 2 is 2.09 bits per heavy atom. The summed E-state index contributed by atoms with van der Waals surface area (Å²) in [5, 5.41) is 10.8. The zero-order valence-electron chi connectivity index (χ0n) is 17.6. The van der Waals surface area contributed by atoms with E-state index < -0.39 is 5.82 Å². The van der Waals surface area contributed by atoms with Crippen molar-refractivity contribution in [1.29, 1.82) is 0 Å². The van der Waals surface area contributed by atoms with Crippen molar-refractivity contribution in [3.8, 4) is 0 Å².